The summed E-state index contributed by atoms with van der Waals surface area (Å²) >= 11 is 6.78. The molecule has 4 aromatic rings. The molecule has 0 radical (unpaired) electrons. The number of thioether (sulfide) groups is 4. The second-order valence-electron chi connectivity index (χ2n) is 7.96. The van der Waals surface area contributed by atoms with Crippen molar-refractivity contribution in [2.24, 2.45) is 10.2 Å². The van der Waals surface area contributed by atoms with Crippen molar-refractivity contribution in [1.82, 2.24) is 29.7 Å². The van der Waals surface area contributed by atoms with E-state index in [0.717, 1.165) is 79.0 Å². The molecule has 182 valence electrons. The summed E-state index contributed by atoms with van der Waals surface area (Å²) in [7, 11) is 0. The maximum atomic E-state index is 4.82. The van der Waals surface area contributed by atoms with Crippen LogP contribution in [0.1, 0.15) is 24.0 Å². The molecule has 0 fully saturated rings. The zero-order chi connectivity index (χ0) is 24.2. The smallest absolute Gasteiger partial charge is 0.181 e. The van der Waals surface area contributed by atoms with Crippen molar-refractivity contribution in [3.05, 3.63) is 71.8 Å². The monoisotopic (exact) mass is 550 g/mol. The van der Waals surface area contributed by atoms with Gasteiger partial charge in [0.15, 0.2) is 0 Å². The quantitative estimate of drug-likeness (QED) is 0.206. The van der Waals surface area contributed by atoms with Crippen LogP contribution in [-0.2, 0) is 0 Å². The fraction of sp³-hybridized carbons (Fsp3) is 0.250. The van der Waals surface area contributed by atoms with Crippen LogP contribution in [0.3, 0.4) is 0 Å². The number of hydrogen-bond acceptors (Lipinski definition) is 10. The van der Waals surface area contributed by atoms with Crippen LogP contribution in [0.2, 0.25) is 0 Å². The molecule has 0 atom stereocenters. The molecule has 0 amide bonds. The van der Waals surface area contributed by atoms with E-state index in [2.05, 4.69) is 44.7 Å². The third-order valence-electron chi connectivity index (χ3n) is 5.50. The van der Waals surface area contributed by atoms with Gasteiger partial charge in [-0.2, -0.15) is 19.6 Å². The molecule has 2 aromatic heterocycles. The Hall–Kier alpha value is -2.54. The van der Waals surface area contributed by atoms with Crippen LogP contribution in [-0.4, -0.2) is 64.2 Å². The van der Waals surface area contributed by atoms with E-state index in [9.17, 15) is 0 Å². The Labute approximate surface area is 225 Å². The normalized spacial score (nSPS) is 14.7. The third-order valence-corrected chi connectivity index (χ3v) is 9.37. The van der Waals surface area contributed by atoms with Gasteiger partial charge in [0.2, 0.25) is 20.6 Å². The largest absolute Gasteiger partial charge is 0.213 e. The first-order valence-corrected chi connectivity index (χ1v) is 15.5. The van der Waals surface area contributed by atoms with E-state index >= 15 is 0 Å². The topological polar surface area (TPSA) is 86.1 Å². The Kier molecular flexibility index (Phi) is 7.44. The molecule has 6 rings (SSSR count). The van der Waals surface area contributed by atoms with Gasteiger partial charge >= 0.3 is 0 Å². The van der Waals surface area contributed by atoms with E-state index in [-0.39, 0.29) is 0 Å². The SMILES string of the molecule is c1ccc(C2=Nn3c(SCCCCSc4nnc5n4N=C(c4ccccc4)CS5)nnc3SC2)cc1. The summed E-state index contributed by atoms with van der Waals surface area (Å²) in [6.07, 6.45) is 2.13. The predicted octanol–water partition coefficient (Wildman–Crippen LogP) is 5.25. The van der Waals surface area contributed by atoms with Crippen molar-refractivity contribution in [1.29, 1.82) is 0 Å². The Morgan fingerprint density at radius 1 is 0.611 bits per heavy atom. The average Bonchev–Trinajstić information content (AvgIpc) is 3.54. The van der Waals surface area contributed by atoms with Crippen LogP contribution >= 0.6 is 47.0 Å². The van der Waals surface area contributed by atoms with Crippen molar-refractivity contribution >= 4 is 58.5 Å². The van der Waals surface area contributed by atoms with Gasteiger partial charge in [0, 0.05) is 23.0 Å². The Morgan fingerprint density at radius 3 is 1.50 bits per heavy atom. The molecule has 8 nitrogen and oxygen atoms in total. The number of nitrogens with zero attached hydrogens (tertiary/aromatic N) is 8. The highest BCUT2D eigenvalue weighted by atomic mass is 32.2. The fourth-order valence-electron chi connectivity index (χ4n) is 3.67. The Morgan fingerprint density at radius 2 is 1.06 bits per heavy atom. The lowest BCUT2D eigenvalue weighted by molar-refractivity contribution is 0.691. The number of aromatic nitrogens is 6. The molecule has 36 heavy (non-hydrogen) atoms. The summed E-state index contributed by atoms with van der Waals surface area (Å²) in [6.45, 7) is 0. The minimum atomic E-state index is 0.811. The molecular formula is C24H22N8S4. The maximum absolute atomic E-state index is 4.82. The lowest BCUT2D eigenvalue weighted by Crippen LogP contribution is -2.13. The van der Waals surface area contributed by atoms with Crippen LogP contribution in [0.15, 0.2) is 91.5 Å². The molecule has 0 unspecified atom stereocenters. The highest BCUT2D eigenvalue weighted by molar-refractivity contribution is 8.00. The third kappa shape index (κ3) is 5.26. The van der Waals surface area contributed by atoms with Gasteiger partial charge in [0.25, 0.3) is 0 Å². The predicted molar refractivity (Wildman–Crippen MR) is 149 cm³/mol. The number of fused-ring (bicyclic) bond motifs is 2. The Bertz CT molecular complexity index is 1290. The Balaban J connectivity index is 1.01. The molecule has 0 saturated carbocycles. The summed E-state index contributed by atoms with van der Waals surface area (Å²) in [6, 6.07) is 20.6. The van der Waals surface area contributed by atoms with Gasteiger partial charge in [-0.1, -0.05) is 108 Å². The van der Waals surface area contributed by atoms with Crippen molar-refractivity contribution in [2.45, 2.75) is 33.5 Å². The molecule has 0 aliphatic carbocycles. The molecular weight excluding hydrogens is 529 g/mol. The summed E-state index contributed by atoms with van der Waals surface area (Å²) in [5.41, 5.74) is 4.40. The van der Waals surface area contributed by atoms with Gasteiger partial charge in [-0.15, -0.1) is 20.4 Å². The van der Waals surface area contributed by atoms with Crippen LogP contribution in [0.5, 0.6) is 0 Å². The van der Waals surface area contributed by atoms with Gasteiger partial charge in [0.05, 0.1) is 11.4 Å². The molecule has 2 aliphatic rings. The van der Waals surface area contributed by atoms with Gasteiger partial charge in [-0.05, 0) is 24.0 Å². The van der Waals surface area contributed by atoms with Crippen molar-refractivity contribution in [2.75, 3.05) is 23.0 Å². The maximum Gasteiger partial charge on any atom is 0.213 e. The first kappa shape index (κ1) is 23.8. The molecule has 0 N–H and O–H groups in total. The summed E-state index contributed by atoms with van der Waals surface area (Å²) in [5, 5.41) is 30.4. The first-order chi connectivity index (χ1) is 17.8. The van der Waals surface area contributed by atoms with Crippen molar-refractivity contribution in [3.8, 4) is 0 Å². The van der Waals surface area contributed by atoms with Crippen LogP contribution in [0.25, 0.3) is 0 Å². The van der Waals surface area contributed by atoms with Gasteiger partial charge in [-0.25, -0.2) is 0 Å². The second kappa shape index (κ2) is 11.2. The molecule has 2 aliphatic heterocycles. The van der Waals surface area contributed by atoms with E-state index in [4.69, 9.17) is 10.2 Å². The van der Waals surface area contributed by atoms with Crippen LogP contribution in [0.4, 0.5) is 0 Å². The molecule has 12 heteroatoms. The van der Waals surface area contributed by atoms with Crippen LogP contribution in [0, 0.1) is 0 Å². The standard InChI is InChI=1S/C24H22N8S4/c1-3-9-17(10-4-1)19-15-35-23-27-25-21(31(23)29-19)33-13-7-8-14-34-22-26-28-24-32(22)30-20(16-36-24)18-11-5-2-6-12-18/h1-6,9-12H,7-8,13-16H2. The molecule has 0 saturated heterocycles. The molecule has 0 bridgehead atoms. The van der Waals surface area contributed by atoms with Gasteiger partial charge < -0.3 is 0 Å². The molecule has 4 heterocycles. The van der Waals surface area contributed by atoms with Crippen molar-refractivity contribution in [3.63, 3.8) is 0 Å². The van der Waals surface area contributed by atoms with E-state index in [1.54, 1.807) is 47.0 Å². The summed E-state index contributed by atoms with van der Waals surface area (Å²) in [5.74, 6) is 3.55. The van der Waals surface area contributed by atoms with Gasteiger partial charge in [0.1, 0.15) is 0 Å². The molecule has 0 spiro atoms. The highest BCUT2D eigenvalue weighted by Crippen LogP contribution is 2.30. The number of hydrogen-bond donors (Lipinski definition) is 0. The van der Waals surface area contributed by atoms with Crippen LogP contribution < -0.4 is 0 Å². The van der Waals surface area contributed by atoms with E-state index in [0.29, 0.717) is 0 Å². The average molecular weight is 551 g/mol. The molecule has 2 aromatic carbocycles. The first-order valence-electron chi connectivity index (χ1n) is 11.5. The fourth-order valence-corrected chi connectivity index (χ4v) is 7.23. The van der Waals surface area contributed by atoms with E-state index in [1.807, 2.05) is 45.8 Å². The minimum Gasteiger partial charge on any atom is -0.181 e. The number of benzene rings is 2. The lowest BCUT2D eigenvalue weighted by atomic mass is 10.1. The van der Waals surface area contributed by atoms with E-state index in [1.165, 1.54) is 0 Å². The summed E-state index contributed by atoms with van der Waals surface area (Å²) < 4.78 is 3.77. The second-order valence-corrected chi connectivity index (χ2v) is 12.0. The number of unbranched alkanes of at least 4 members (excludes halogenated alkanes) is 1. The lowest BCUT2D eigenvalue weighted by Gasteiger charge is -2.13. The minimum absolute atomic E-state index is 0.811. The van der Waals surface area contributed by atoms with E-state index < -0.39 is 0 Å². The van der Waals surface area contributed by atoms with Crippen molar-refractivity contribution < 1.29 is 0 Å². The zero-order valence-electron chi connectivity index (χ0n) is 19.2. The zero-order valence-corrected chi connectivity index (χ0v) is 22.5. The van der Waals surface area contributed by atoms with Gasteiger partial charge in [-0.3, -0.25) is 0 Å². The summed E-state index contributed by atoms with van der Waals surface area (Å²) in [4.78, 5) is 0. The highest BCUT2D eigenvalue weighted by Gasteiger charge is 2.21. The number of rotatable bonds is 9.